The predicted octanol–water partition coefficient (Wildman–Crippen LogP) is 3.25. The van der Waals surface area contributed by atoms with E-state index >= 15 is 0 Å². The lowest BCUT2D eigenvalue weighted by atomic mass is 9.87. The van der Waals surface area contributed by atoms with E-state index in [2.05, 4.69) is 31.0 Å². The van der Waals surface area contributed by atoms with Crippen molar-refractivity contribution in [2.75, 3.05) is 5.75 Å². The van der Waals surface area contributed by atoms with E-state index in [0.29, 0.717) is 6.42 Å². The Balaban J connectivity index is 1.91. The van der Waals surface area contributed by atoms with Crippen LogP contribution in [0.25, 0.3) is 0 Å². The highest BCUT2D eigenvalue weighted by molar-refractivity contribution is 7.90. The summed E-state index contributed by atoms with van der Waals surface area (Å²) in [6.45, 7) is 6.44. The van der Waals surface area contributed by atoms with Gasteiger partial charge >= 0.3 is 0 Å². The van der Waals surface area contributed by atoms with Gasteiger partial charge < -0.3 is 0 Å². The molecule has 5 heteroatoms. The molecule has 22 heavy (non-hydrogen) atoms. The van der Waals surface area contributed by atoms with E-state index in [0.717, 1.165) is 17.5 Å². The van der Waals surface area contributed by atoms with Crippen LogP contribution in [-0.2, 0) is 27.4 Å². The number of H-pyrrole nitrogens is 1. The second-order valence-electron chi connectivity index (χ2n) is 6.75. The van der Waals surface area contributed by atoms with E-state index in [1.165, 1.54) is 5.56 Å². The van der Waals surface area contributed by atoms with Gasteiger partial charge in [0.1, 0.15) is 0 Å². The lowest BCUT2D eigenvalue weighted by Gasteiger charge is -2.19. The normalized spacial score (nSPS) is 12.5. The van der Waals surface area contributed by atoms with Crippen molar-refractivity contribution in [3.05, 3.63) is 53.3 Å². The van der Waals surface area contributed by atoms with Gasteiger partial charge in [-0.15, -0.1) is 0 Å². The number of rotatable bonds is 6. The molecule has 1 heterocycles. The Morgan fingerprint density at radius 1 is 1.09 bits per heavy atom. The Morgan fingerprint density at radius 3 is 2.32 bits per heavy atom. The monoisotopic (exact) mass is 320 g/mol. The second kappa shape index (κ2) is 6.65. The first-order chi connectivity index (χ1) is 10.3. The van der Waals surface area contributed by atoms with Crippen molar-refractivity contribution in [1.29, 1.82) is 0 Å². The average Bonchev–Trinajstić information content (AvgIpc) is 2.90. The van der Waals surface area contributed by atoms with Crippen molar-refractivity contribution in [2.45, 2.75) is 44.8 Å². The van der Waals surface area contributed by atoms with Crippen LogP contribution in [0.15, 0.2) is 36.7 Å². The number of aromatic amines is 1. The van der Waals surface area contributed by atoms with Crippen LogP contribution >= 0.6 is 0 Å². The highest BCUT2D eigenvalue weighted by Crippen LogP contribution is 2.22. The summed E-state index contributed by atoms with van der Waals surface area (Å²) >= 11 is 0. The van der Waals surface area contributed by atoms with Crippen LogP contribution in [0.5, 0.6) is 0 Å². The standard InChI is InChI=1S/C17H24N2O2S/c1-17(2,3)16-8-6-14(7-9-16)13-22(20,21)10-4-5-15-11-18-19-12-15/h6-9,11-12H,4-5,10,13H2,1-3H3,(H,18,19). The molecule has 0 amide bonds. The molecule has 0 spiro atoms. The molecule has 0 aliphatic heterocycles. The van der Waals surface area contributed by atoms with Gasteiger partial charge in [0, 0.05) is 6.20 Å². The first-order valence-corrected chi connectivity index (χ1v) is 9.36. The molecule has 0 unspecified atom stereocenters. The van der Waals surface area contributed by atoms with Crippen LogP contribution in [-0.4, -0.2) is 24.4 Å². The fraction of sp³-hybridized carbons (Fsp3) is 0.471. The predicted molar refractivity (Wildman–Crippen MR) is 89.5 cm³/mol. The van der Waals surface area contributed by atoms with Gasteiger partial charge in [0.25, 0.3) is 0 Å². The summed E-state index contributed by atoms with van der Waals surface area (Å²) in [7, 11) is -3.07. The number of hydrogen-bond acceptors (Lipinski definition) is 3. The van der Waals surface area contributed by atoms with Crippen molar-refractivity contribution in [3.63, 3.8) is 0 Å². The summed E-state index contributed by atoms with van der Waals surface area (Å²) in [5.74, 6) is 0.321. The van der Waals surface area contributed by atoms with E-state index in [1.54, 1.807) is 12.4 Å². The Bertz CT molecular complexity index is 681. The molecule has 1 aromatic carbocycles. The molecule has 0 aliphatic carbocycles. The molecular formula is C17H24N2O2S. The highest BCUT2D eigenvalue weighted by atomic mass is 32.2. The van der Waals surface area contributed by atoms with E-state index in [9.17, 15) is 8.42 Å². The fourth-order valence-corrected chi connectivity index (χ4v) is 3.77. The minimum atomic E-state index is -3.07. The Labute approximate surface area is 132 Å². The summed E-state index contributed by atoms with van der Waals surface area (Å²) in [5, 5.41) is 6.59. The van der Waals surface area contributed by atoms with Gasteiger partial charge in [0.2, 0.25) is 0 Å². The highest BCUT2D eigenvalue weighted by Gasteiger charge is 2.15. The van der Waals surface area contributed by atoms with Crippen molar-refractivity contribution in [3.8, 4) is 0 Å². The lowest BCUT2D eigenvalue weighted by Crippen LogP contribution is -2.12. The molecule has 0 saturated carbocycles. The zero-order valence-electron chi connectivity index (χ0n) is 13.5. The van der Waals surface area contributed by atoms with Crippen molar-refractivity contribution in [1.82, 2.24) is 10.2 Å². The Morgan fingerprint density at radius 2 is 1.77 bits per heavy atom. The Kier molecular flexibility index (Phi) is 5.06. The summed E-state index contributed by atoms with van der Waals surface area (Å²) in [6, 6.07) is 7.90. The van der Waals surface area contributed by atoms with E-state index in [-0.39, 0.29) is 16.9 Å². The van der Waals surface area contributed by atoms with Crippen LogP contribution in [0, 0.1) is 0 Å². The molecule has 1 aromatic heterocycles. The molecule has 0 fully saturated rings. The summed E-state index contributed by atoms with van der Waals surface area (Å²) in [5.41, 5.74) is 3.21. The molecular weight excluding hydrogens is 296 g/mol. The molecule has 0 saturated heterocycles. The van der Waals surface area contributed by atoms with E-state index in [1.807, 2.05) is 24.3 Å². The number of sulfone groups is 1. The maximum Gasteiger partial charge on any atom is 0.154 e. The van der Waals surface area contributed by atoms with E-state index in [4.69, 9.17) is 0 Å². The van der Waals surface area contributed by atoms with Crippen molar-refractivity contribution < 1.29 is 8.42 Å². The largest absolute Gasteiger partial charge is 0.285 e. The molecule has 0 atom stereocenters. The molecule has 1 N–H and O–H groups in total. The maximum absolute atomic E-state index is 12.2. The quantitative estimate of drug-likeness (QED) is 0.888. The summed E-state index contributed by atoms with van der Waals surface area (Å²) < 4.78 is 24.4. The number of nitrogens with one attached hydrogen (secondary N) is 1. The maximum atomic E-state index is 12.2. The third-order valence-corrected chi connectivity index (χ3v) is 5.37. The third kappa shape index (κ3) is 4.98. The average molecular weight is 320 g/mol. The van der Waals surface area contributed by atoms with Crippen molar-refractivity contribution >= 4 is 9.84 Å². The van der Waals surface area contributed by atoms with Gasteiger partial charge in [0.05, 0.1) is 17.7 Å². The summed E-state index contributed by atoms with van der Waals surface area (Å²) in [4.78, 5) is 0. The number of benzene rings is 1. The zero-order chi connectivity index (χ0) is 16.2. The lowest BCUT2D eigenvalue weighted by molar-refractivity contribution is 0.589. The smallest absolute Gasteiger partial charge is 0.154 e. The van der Waals surface area contributed by atoms with E-state index < -0.39 is 9.84 Å². The van der Waals surface area contributed by atoms with Gasteiger partial charge in [-0.3, -0.25) is 5.10 Å². The second-order valence-corrected chi connectivity index (χ2v) is 8.93. The molecule has 0 radical (unpaired) electrons. The summed E-state index contributed by atoms with van der Waals surface area (Å²) in [6.07, 6.45) is 4.90. The van der Waals surface area contributed by atoms with Crippen molar-refractivity contribution in [2.24, 2.45) is 0 Å². The molecule has 0 aliphatic rings. The van der Waals surface area contributed by atoms with Crippen LogP contribution in [0.3, 0.4) is 0 Å². The third-order valence-electron chi connectivity index (χ3n) is 3.68. The topological polar surface area (TPSA) is 62.8 Å². The molecule has 120 valence electrons. The number of aryl methyl sites for hydroxylation is 1. The molecule has 2 rings (SSSR count). The van der Waals surface area contributed by atoms with Gasteiger partial charge in [-0.2, -0.15) is 5.10 Å². The number of aromatic nitrogens is 2. The first kappa shape index (κ1) is 16.7. The Hall–Kier alpha value is -1.62. The van der Waals surface area contributed by atoms with Gasteiger partial charge in [-0.25, -0.2) is 8.42 Å². The van der Waals surface area contributed by atoms with Gasteiger partial charge in [-0.05, 0) is 34.9 Å². The molecule has 4 nitrogen and oxygen atoms in total. The zero-order valence-corrected chi connectivity index (χ0v) is 14.3. The molecule has 2 aromatic rings. The number of nitrogens with zero attached hydrogens (tertiary/aromatic N) is 1. The SMILES string of the molecule is CC(C)(C)c1ccc(CS(=O)(=O)CCCc2cn[nH]c2)cc1. The van der Waals surface area contributed by atoms with Crippen LogP contribution in [0.1, 0.15) is 43.9 Å². The molecule has 0 bridgehead atoms. The minimum Gasteiger partial charge on any atom is -0.285 e. The van der Waals surface area contributed by atoms with Gasteiger partial charge in [-0.1, -0.05) is 45.0 Å². The fourth-order valence-electron chi connectivity index (χ4n) is 2.34. The van der Waals surface area contributed by atoms with Crippen LogP contribution in [0.4, 0.5) is 0 Å². The first-order valence-electron chi connectivity index (χ1n) is 7.54. The van der Waals surface area contributed by atoms with Gasteiger partial charge in [0.15, 0.2) is 9.84 Å². The number of hydrogen-bond donors (Lipinski definition) is 1. The van der Waals surface area contributed by atoms with Crippen LogP contribution < -0.4 is 0 Å². The van der Waals surface area contributed by atoms with Crippen LogP contribution in [0.2, 0.25) is 0 Å². The minimum absolute atomic E-state index is 0.0853.